The lowest BCUT2D eigenvalue weighted by molar-refractivity contribution is 0.0939. The van der Waals surface area contributed by atoms with Gasteiger partial charge in [0.1, 0.15) is 16.4 Å². The highest BCUT2D eigenvalue weighted by Gasteiger charge is 2.29. The van der Waals surface area contributed by atoms with Crippen LogP contribution in [0.5, 0.6) is 11.5 Å². The molecule has 8 heteroatoms. The monoisotopic (exact) mass is 451 g/mol. The SMILES string of the molecule is O=C(NCC1CCN(S(=O)(=O)c2cccnc2)CC1)c1ccccc1Oc1ccccc1. The van der Waals surface area contributed by atoms with Crippen LogP contribution in [-0.2, 0) is 10.0 Å². The van der Waals surface area contributed by atoms with Gasteiger partial charge in [0.25, 0.3) is 5.91 Å². The molecule has 0 saturated carbocycles. The summed E-state index contributed by atoms with van der Waals surface area (Å²) < 4.78 is 32.8. The molecule has 1 aliphatic rings. The molecule has 1 aliphatic heterocycles. The fourth-order valence-electron chi connectivity index (χ4n) is 3.69. The van der Waals surface area contributed by atoms with E-state index >= 15 is 0 Å². The lowest BCUT2D eigenvalue weighted by Gasteiger charge is -2.31. The number of benzene rings is 2. The summed E-state index contributed by atoms with van der Waals surface area (Å²) in [7, 11) is -3.53. The number of nitrogens with zero attached hydrogens (tertiary/aromatic N) is 2. The number of rotatable bonds is 7. The number of ether oxygens (including phenoxy) is 1. The minimum atomic E-state index is -3.53. The first kappa shape index (κ1) is 22.0. The van der Waals surface area contributed by atoms with E-state index in [4.69, 9.17) is 4.74 Å². The minimum absolute atomic E-state index is 0.207. The maximum atomic E-state index is 12.8. The van der Waals surface area contributed by atoms with Crippen molar-refractivity contribution in [3.8, 4) is 11.5 Å². The second-order valence-corrected chi connectivity index (χ2v) is 9.60. The average Bonchev–Trinajstić information content (AvgIpc) is 2.84. The fourth-order valence-corrected chi connectivity index (χ4v) is 5.13. The normalized spacial score (nSPS) is 15.2. The summed E-state index contributed by atoms with van der Waals surface area (Å²) >= 11 is 0. The highest BCUT2D eigenvalue weighted by Crippen LogP contribution is 2.26. The molecular formula is C24H25N3O4S. The van der Waals surface area contributed by atoms with E-state index in [-0.39, 0.29) is 16.7 Å². The zero-order valence-corrected chi connectivity index (χ0v) is 18.4. The Morgan fingerprint density at radius 3 is 2.44 bits per heavy atom. The Labute approximate surface area is 188 Å². The molecule has 1 fully saturated rings. The lowest BCUT2D eigenvalue weighted by atomic mass is 9.98. The van der Waals surface area contributed by atoms with Crippen molar-refractivity contribution in [3.63, 3.8) is 0 Å². The van der Waals surface area contributed by atoms with Crippen molar-refractivity contribution in [3.05, 3.63) is 84.7 Å². The number of hydrogen-bond donors (Lipinski definition) is 1. The molecule has 1 aromatic heterocycles. The Kier molecular flexibility index (Phi) is 6.82. The van der Waals surface area contributed by atoms with Gasteiger partial charge in [0, 0.05) is 32.0 Å². The second kappa shape index (κ2) is 9.93. The summed E-state index contributed by atoms with van der Waals surface area (Å²) in [6.45, 7) is 1.33. The van der Waals surface area contributed by atoms with E-state index in [1.54, 1.807) is 36.5 Å². The van der Waals surface area contributed by atoms with Gasteiger partial charge in [-0.1, -0.05) is 30.3 Å². The molecule has 0 unspecified atom stereocenters. The molecule has 1 amide bonds. The van der Waals surface area contributed by atoms with Gasteiger partial charge in [-0.2, -0.15) is 4.31 Å². The molecule has 32 heavy (non-hydrogen) atoms. The first-order valence-electron chi connectivity index (χ1n) is 10.5. The Morgan fingerprint density at radius 2 is 1.72 bits per heavy atom. The molecule has 1 saturated heterocycles. The maximum Gasteiger partial charge on any atom is 0.255 e. The highest BCUT2D eigenvalue weighted by molar-refractivity contribution is 7.89. The third kappa shape index (κ3) is 5.15. The molecule has 0 spiro atoms. The maximum absolute atomic E-state index is 12.8. The largest absolute Gasteiger partial charge is 0.457 e. The number of para-hydroxylation sites is 2. The van der Waals surface area contributed by atoms with Gasteiger partial charge in [-0.15, -0.1) is 0 Å². The molecule has 166 valence electrons. The van der Waals surface area contributed by atoms with E-state index in [1.165, 1.54) is 10.5 Å². The average molecular weight is 452 g/mol. The number of carbonyl (C=O) groups excluding carboxylic acids is 1. The summed E-state index contributed by atoms with van der Waals surface area (Å²) in [6.07, 6.45) is 4.29. The van der Waals surface area contributed by atoms with Gasteiger partial charge in [0.15, 0.2) is 0 Å². The molecule has 1 N–H and O–H groups in total. The Balaban J connectivity index is 1.32. The number of pyridine rings is 1. The van der Waals surface area contributed by atoms with Crippen LogP contribution >= 0.6 is 0 Å². The van der Waals surface area contributed by atoms with Crippen LogP contribution < -0.4 is 10.1 Å². The number of piperidine rings is 1. The molecule has 0 aliphatic carbocycles. The van der Waals surface area contributed by atoms with E-state index < -0.39 is 10.0 Å². The van der Waals surface area contributed by atoms with Crippen LogP contribution in [-0.4, -0.2) is 43.2 Å². The molecule has 0 bridgehead atoms. The van der Waals surface area contributed by atoms with Gasteiger partial charge in [-0.3, -0.25) is 9.78 Å². The van der Waals surface area contributed by atoms with E-state index in [9.17, 15) is 13.2 Å². The number of aromatic nitrogens is 1. The van der Waals surface area contributed by atoms with Gasteiger partial charge in [0.05, 0.1) is 5.56 Å². The molecule has 3 aromatic rings. The van der Waals surface area contributed by atoms with E-state index in [2.05, 4.69) is 10.3 Å². The molecule has 2 aromatic carbocycles. The first-order valence-corrected chi connectivity index (χ1v) is 12.0. The van der Waals surface area contributed by atoms with Crippen molar-refractivity contribution < 1.29 is 17.9 Å². The quantitative estimate of drug-likeness (QED) is 0.592. The molecule has 7 nitrogen and oxygen atoms in total. The summed E-state index contributed by atoms with van der Waals surface area (Å²) in [5.41, 5.74) is 0.466. The predicted octanol–water partition coefficient (Wildman–Crippen LogP) is 3.70. The zero-order valence-electron chi connectivity index (χ0n) is 17.6. The number of carbonyl (C=O) groups is 1. The Hall–Kier alpha value is -3.23. The van der Waals surface area contributed by atoms with Crippen LogP contribution in [0.1, 0.15) is 23.2 Å². The van der Waals surface area contributed by atoms with Crippen molar-refractivity contribution >= 4 is 15.9 Å². The third-order valence-electron chi connectivity index (χ3n) is 5.50. The summed E-state index contributed by atoms with van der Waals surface area (Å²) in [6, 6.07) is 19.6. The topological polar surface area (TPSA) is 88.6 Å². The predicted molar refractivity (Wildman–Crippen MR) is 121 cm³/mol. The summed E-state index contributed by atoms with van der Waals surface area (Å²) in [5.74, 6) is 1.16. The van der Waals surface area contributed by atoms with Crippen molar-refractivity contribution in [1.82, 2.24) is 14.6 Å². The van der Waals surface area contributed by atoms with E-state index in [0.717, 1.165) is 0 Å². The van der Waals surface area contributed by atoms with Crippen LogP contribution in [0.2, 0.25) is 0 Å². The smallest absolute Gasteiger partial charge is 0.255 e. The number of hydrogen-bond acceptors (Lipinski definition) is 5. The third-order valence-corrected chi connectivity index (χ3v) is 7.38. The van der Waals surface area contributed by atoms with Crippen molar-refractivity contribution in [2.45, 2.75) is 17.7 Å². The number of sulfonamides is 1. The van der Waals surface area contributed by atoms with Crippen LogP contribution in [0.3, 0.4) is 0 Å². The van der Waals surface area contributed by atoms with Crippen molar-refractivity contribution in [2.24, 2.45) is 5.92 Å². The van der Waals surface area contributed by atoms with E-state index in [1.807, 2.05) is 36.4 Å². The molecule has 2 heterocycles. The fraction of sp³-hybridized carbons (Fsp3) is 0.250. The highest BCUT2D eigenvalue weighted by atomic mass is 32.2. The van der Waals surface area contributed by atoms with Crippen LogP contribution in [0, 0.1) is 5.92 Å². The summed E-state index contributed by atoms with van der Waals surface area (Å²) in [5, 5.41) is 2.98. The van der Waals surface area contributed by atoms with Crippen LogP contribution in [0.4, 0.5) is 0 Å². The van der Waals surface area contributed by atoms with Crippen LogP contribution in [0.15, 0.2) is 84.0 Å². The standard InChI is InChI=1S/C24H25N3O4S/c28-24(22-10-4-5-11-23(22)31-20-7-2-1-3-8-20)26-17-19-12-15-27(16-13-19)32(29,30)21-9-6-14-25-18-21/h1-11,14,18-19H,12-13,15-17H2,(H,26,28). The zero-order chi connectivity index (χ0) is 22.4. The first-order chi connectivity index (χ1) is 15.5. The van der Waals surface area contributed by atoms with Crippen LogP contribution in [0.25, 0.3) is 0 Å². The van der Waals surface area contributed by atoms with Gasteiger partial charge in [-0.05, 0) is 55.2 Å². The Bertz CT molecular complexity index is 1150. The summed E-state index contributed by atoms with van der Waals surface area (Å²) in [4.78, 5) is 16.9. The molecule has 0 radical (unpaired) electrons. The van der Waals surface area contributed by atoms with Crippen molar-refractivity contribution in [1.29, 1.82) is 0 Å². The van der Waals surface area contributed by atoms with Gasteiger partial charge < -0.3 is 10.1 Å². The van der Waals surface area contributed by atoms with Gasteiger partial charge in [-0.25, -0.2) is 8.42 Å². The molecule has 4 rings (SSSR count). The molecular weight excluding hydrogens is 426 g/mol. The number of amides is 1. The Morgan fingerprint density at radius 1 is 1.00 bits per heavy atom. The van der Waals surface area contributed by atoms with E-state index in [0.29, 0.717) is 49.5 Å². The minimum Gasteiger partial charge on any atom is -0.457 e. The van der Waals surface area contributed by atoms with Crippen molar-refractivity contribution in [2.75, 3.05) is 19.6 Å². The van der Waals surface area contributed by atoms with Gasteiger partial charge in [0.2, 0.25) is 10.0 Å². The van der Waals surface area contributed by atoms with Gasteiger partial charge >= 0.3 is 0 Å². The second-order valence-electron chi connectivity index (χ2n) is 7.66. The number of nitrogens with one attached hydrogen (secondary N) is 1. The lowest BCUT2D eigenvalue weighted by Crippen LogP contribution is -2.41. The molecule has 0 atom stereocenters.